The first-order chi connectivity index (χ1) is 5.91. The molecule has 0 saturated carbocycles. The van der Waals surface area contributed by atoms with Gasteiger partial charge in [0, 0.05) is 11.2 Å². The lowest BCUT2D eigenvalue weighted by Crippen LogP contribution is -2.10. The summed E-state index contributed by atoms with van der Waals surface area (Å²) >= 11 is 10.5. The van der Waals surface area contributed by atoms with Crippen molar-refractivity contribution in [1.29, 1.82) is 0 Å². The summed E-state index contributed by atoms with van der Waals surface area (Å²) < 4.78 is 36.3. The zero-order chi connectivity index (χ0) is 10.5. The first-order valence-electron chi connectivity index (χ1n) is 3.07. The fraction of sp³-hybridized carbons (Fsp3) is 0.286. The van der Waals surface area contributed by atoms with Gasteiger partial charge >= 0.3 is 6.18 Å². The van der Waals surface area contributed by atoms with Gasteiger partial charge in [-0.25, -0.2) is 0 Å². The summed E-state index contributed by atoms with van der Waals surface area (Å²) in [5.74, 6) is -0.174. The fourth-order valence-electron chi connectivity index (χ4n) is 0.498. The van der Waals surface area contributed by atoms with Crippen molar-refractivity contribution in [2.24, 2.45) is 4.99 Å². The molecule has 0 radical (unpaired) electrons. The van der Waals surface area contributed by atoms with Crippen LogP contribution in [0, 0.1) is 0 Å². The molecule has 1 nitrogen and oxygen atoms in total. The molecule has 0 aliphatic rings. The van der Waals surface area contributed by atoms with Crippen LogP contribution in [0.15, 0.2) is 27.9 Å². The molecule has 0 amide bonds. The lowest BCUT2D eigenvalue weighted by atomic mass is 10.2. The van der Waals surface area contributed by atoms with Crippen LogP contribution in [-0.2, 0) is 0 Å². The number of allylic oxidation sites excluding steroid dienone is 3. The summed E-state index contributed by atoms with van der Waals surface area (Å²) in [6.07, 6.45) is -3.20. The number of hydrogen-bond donors (Lipinski definition) is 0. The molecule has 0 saturated heterocycles. The predicted octanol–water partition coefficient (Wildman–Crippen LogP) is 3.49. The minimum absolute atomic E-state index is 0.103. The fourth-order valence-corrected chi connectivity index (χ4v) is 0.693. The zero-order valence-corrected chi connectivity index (χ0v) is 7.92. The first kappa shape index (κ1) is 12.5. The van der Waals surface area contributed by atoms with Crippen molar-refractivity contribution in [3.63, 3.8) is 0 Å². The van der Waals surface area contributed by atoms with Crippen LogP contribution in [0.4, 0.5) is 13.2 Å². The molecule has 74 valence electrons. The van der Waals surface area contributed by atoms with Crippen molar-refractivity contribution in [2.45, 2.75) is 6.18 Å². The molecular formula is C7H6Cl2F3N. The average molecular weight is 232 g/mol. The second kappa shape index (κ2) is 5.29. The van der Waals surface area contributed by atoms with E-state index >= 15 is 0 Å². The van der Waals surface area contributed by atoms with E-state index in [1.165, 1.54) is 0 Å². The van der Waals surface area contributed by atoms with Gasteiger partial charge in [-0.3, -0.25) is 4.99 Å². The minimum Gasteiger partial charge on any atom is -0.272 e. The van der Waals surface area contributed by atoms with E-state index in [4.69, 9.17) is 23.2 Å². The molecule has 0 aromatic heterocycles. The third kappa shape index (κ3) is 4.95. The van der Waals surface area contributed by atoms with E-state index in [0.717, 1.165) is 0 Å². The minimum atomic E-state index is -4.49. The van der Waals surface area contributed by atoms with Gasteiger partial charge in [0.15, 0.2) is 0 Å². The Kier molecular flexibility index (Phi) is 5.10. The van der Waals surface area contributed by atoms with Crippen LogP contribution < -0.4 is 0 Å². The largest absolute Gasteiger partial charge is 0.417 e. The molecule has 0 fully saturated rings. The molecule has 0 heterocycles. The second-order valence-corrected chi connectivity index (χ2v) is 2.74. The van der Waals surface area contributed by atoms with E-state index in [1.54, 1.807) is 0 Å². The molecule has 0 spiro atoms. The van der Waals surface area contributed by atoms with Crippen LogP contribution in [0.1, 0.15) is 0 Å². The van der Waals surface area contributed by atoms with Gasteiger partial charge in [-0.2, -0.15) is 13.2 Å². The van der Waals surface area contributed by atoms with Crippen LogP contribution >= 0.6 is 23.2 Å². The number of alkyl halides is 4. The highest BCUT2D eigenvalue weighted by molar-refractivity contribution is 6.35. The molecule has 0 atom stereocenters. The maximum atomic E-state index is 12.1. The Bertz CT molecular complexity index is 243. The van der Waals surface area contributed by atoms with Gasteiger partial charge in [-0.15, -0.1) is 11.6 Å². The molecule has 0 aromatic rings. The third-order valence-electron chi connectivity index (χ3n) is 0.997. The summed E-state index contributed by atoms with van der Waals surface area (Å²) in [4.78, 5) is 3.01. The highest BCUT2D eigenvalue weighted by atomic mass is 35.5. The van der Waals surface area contributed by atoms with E-state index in [0.29, 0.717) is 12.3 Å². The van der Waals surface area contributed by atoms with Gasteiger partial charge < -0.3 is 0 Å². The highest BCUT2D eigenvalue weighted by Crippen LogP contribution is 2.28. The molecule has 0 rings (SSSR count). The Labute approximate surface area is 83.5 Å². The van der Waals surface area contributed by atoms with Crippen LogP contribution in [0.2, 0.25) is 0 Å². The molecule has 0 N–H and O–H groups in total. The summed E-state index contributed by atoms with van der Waals surface area (Å²) in [6.45, 7) is 2.92. The lowest BCUT2D eigenvalue weighted by molar-refractivity contribution is -0.0883. The predicted molar refractivity (Wildman–Crippen MR) is 48.3 cm³/mol. The van der Waals surface area contributed by atoms with Crippen molar-refractivity contribution in [1.82, 2.24) is 0 Å². The number of aliphatic imine (C=N–C) groups is 1. The molecule has 0 aliphatic heterocycles. The van der Waals surface area contributed by atoms with Crippen LogP contribution in [-0.4, -0.2) is 18.8 Å². The van der Waals surface area contributed by atoms with E-state index < -0.39 is 11.7 Å². The molecule has 0 aliphatic carbocycles. The van der Waals surface area contributed by atoms with E-state index in [9.17, 15) is 13.2 Å². The smallest absolute Gasteiger partial charge is 0.272 e. The van der Waals surface area contributed by atoms with Gasteiger partial charge in [0.2, 0.25) is 0 Å². The normalized spacial score (nSPS) is 14.5. The van der Waals surface area contributed by atoms with Crippen molar-refractivity contribution in [2.75, 3.05) is 5.88 Å². The number of halogens is 5. The maximum absolute atomic E-state index is 12.1. The number of nitrogens with zero attached hydrogens (tertiary/aromatic N) is 1. The summed E-state index contributed by atoms with van der Waals surface area (Å²) in [5, 5.41) is -0.103. The maximum Gasteiger partial charge on any atom is 0.417 e. The Morgan fingerprint density at radius 1 is 1.46 bits per heavy atom. The van der Waals surface area contributed by atoms with E-state index in [2.05, 4.69) is 11.7 Å². The van der Waals surface area contributed by atoms with Crippen molar-refractivity contribution >= 4 is 29.9 Å². The standard InChI is InChI=1S/C7H6Cl2F3N/c1-13-4-5(7(10,11)12)2-6(9)3-8/h2,4H,1,3H2/b5-4+,6-2+. The number of rotatable bonds is 3. The molecule has 0 aromatic carbocycles. The van der Waals surface area contributed by atoms with Gasteiger partial charge in [0.25, 0.3) is 0 Å². The van der Waals surface area contributed by atoms with Crippen molar-refractivity contribution in [3.8, 4) is 0 Å². The molecule has 13 heavy (non-hydrogen) atoms. The van der Waals surface area contributed by atoms with Gasteiger partial charge in [0.05, 0.1) is 11.5 Å². The summed E-state index contributed by atoms with van der Waals surface area (Å²) in [7, 11) is 0. The first-order valence-corrected chi connectivity index (χ1v) is 3.98. The average Bonchev–Trinajstić information content (AvgIpc) is 2.01. The molecule has 6 heteroatoms. The van der Waals surface area contributed by atoms with Crippen LogP contribution in [0.5, 0.6) is 0 Å². The van der Waals surface area contributed by atoms with Gasteiger partial charge in [0.1, 0.15) is 0 Å². The van der Waals surface area contributed by atoms with E-state index in [1.807, 2.05) is 0 Å². The van der Waals surface area contributed by atoms with Gasteiger partial charge in [-0.05, 0) is 12.8 Å². The summed E-state index contributed by atoms with van der Waals surface area (Å²) in [6, 6.07) is 0. The van der Waals surface area contributed by atoms with Crippen LogP contribution in [0.3, 0.4) is 0 Å². The summed E-state index contributed by atoms with van der Waals surface area (Å²) in [5.41, 5.74) is -0.979. The molecule has 0 unspecified atom stereocenters. The Morgan fingerprint density at radius 2 is 2.00 bits per heavy atom. The van der Waals surface area contributed by atoms with Gasteiger partial charge in [-0.1, -0.05) is 11.6 Å². The molecule has 0 bridgehead atoms. The monoisotopic (exact) mass is 231 g/mol. The third-order valence-corrected chi connectivity index (χ3v) is 1.66. The topological polar surface area (TPSA) is 12.4 Å². The SMILES string of the molecule is C=N/C=C(\C=C(\Cl)CCl)C(F)(F)F. The zero-order valence-electron chi connectivity index (χ0n) is 6.41. The van der Waals surface area contributed by atoms with Crippen molar-refractivity contribution < 1.29 is 13.2 Å². The Morgan fingerprint density at radius 3 is 2.31 bits per heavy atom. The second-order valence-electron chi connectivity index (χ2n) is 1.99. The lowest BCUT2D eigenvalue weighted by Gasteiger charge is -2.06. The number of hydrogen-bond acceptors (Lipinski definition) is 1. The highest BCUT2D eigenvalue weighted by Gasteiger charge is 2.32. The van der Waals surface area contributed by atoms with Crippen LogP contribution in [0.25, 0.3) is 0 Å². The molecular weight excluding hydrogens is 226 g/mol. The quantitative estimate of drug-likeness (QED) is 0.401. The Hall–Kier alpha value is -0.480. The Balaban J connectivity index is 4.86. The van der Waals surface area contributed by atoms with E-state index in [-0.39, 0.29) is 10.9 Å². The van der Waals surface area contributed by atoms with Crippen molar-refractivity contribution in [3.05, 3.63) is 22.9 Å².